The van der Waals surface area contributed by atoms with Gasteiger partial charge in [-0.3, -0.25) is 19.4 Å². The monoisotopic (exact) mass is 448 g/mol. The van der Waals surface area contributed by atoms with Gasteiger partial charge in [0.1, 0.15) is 6.54 Å². The van der Waals surface area contributed by atoms with Crippen molar-refractivity contribution in [2.45, 2.75) is 32.4 Å². The highest BCUT2D eigenvalue weighted by Gasteiger charge is 2.15. The van der Waals surface area contributed by atoms with Crippen LogP contribution in [0.2, 0.25) is 5.02 Å². The van der Waals surface area contributed by atoms with E-state index in [4.69, 9.17) is 23.8 Å². The van der Waals surface area contributed by atoms with Crippen molar-refractivity contribution < 1.29 is 4.79 Å². The number of aromatic amines is 1. The van der Waals surface area contributed by atoms with Crippen molar-refractivity contribution in [3.05, 3.63) is 45.1 Å². The molecule has 2 N–H and O–H groups in total. The average Bonchev–Trinajstić information content (AvgIpc) is 3.30. The molecule has 1 aliphatic rings. The average molecular weight is 449 g/mol. The zero-order valence-corrected chi connectivity index (χ0v) is 18.1. The topological polar surface area (TPSA) is 78.8 Å². The Morgan fingerprint density at radius 1 is 1.24 bits per heavy atom. The predicted molar refractivity (Wildman–Crippen MR) is 118 cm³/mol. The third kappa shape index (κ3) is 5.11. The predicted octanol–water partition coefficient (Wildman–Crippen LogP) is 4.34. The van der Waals surface area contributed by atoms with Crippen LogP contribution in [0.1, 0.15) is 25.0 Å². The second kappa shape index (κ2) is 9.17. The smallest absolute Gasteiger partial charge is 0.246 e. The first-order valence-corrected chi connectivity index (χ1v) is 11.1. The van der Waals surface area contributed by atoms with Gasteiger partial charge in [0.25, 0.3) is 0 Å². The number of H-pyrrole nitrogens is 1. The molecule has 3 heterocycles. The van der Waals surface area contributed by atoms with Crippen LogP contribution in [0.5, 0.6) is 0 Å². The van der Waals surface area contributed by atoms with Crippen LogP contribution < -0.4 is 5.32 Å². The molecule has 0 unspecified atom stereocenters. The summed E-state index contributed by atoms with van der Waals surface area (Å²) in [6.45, 7) is 3.12. The van der Waals surface area contributed by atoms with Gasteiger partial charge in [0, 0.05) is 22.5 Å². The van der Waals surface area contributed by atoms with Crippen molar-refractivity contribution in [2.24, 2.45) is 0 Å². The minimum Gasteiger partial charge on any atom is -0.300 e. The number of thiazole rings is 1. The summed E-state index contributed by atoms with van der Waals surface area (Å²) in [5, 5.41) is 13.1. The second-order valence-corrected chi connectivity index (χ2v) is 8.66. The number of hydrogen-bond acceptors (Lipinski definition) is 6. The van der Waals surface area contributed by atoms with Crippen molar-refractivity contribution in [1.29, 1.82) is 0 Å². The lowest BCUT2D eigenvalue weighted by molar-refractivity contribution is -0.116. The summed E-state index contributed by atoms with van der Waals surface area (Å²) in [4.78, 5) is 19.6. The molecule has 10 heteroatoms. The molecule has 1 amide bonds. The molecule has 2 aromatic heterocycles. The molecule has 0 radical (unpaired) electrons. The fourth-order valence-electron chi connectivity index (χ4n) is 3.37. The third-order valence-electron chi connectivity index (χ3n) is 4.79. The second-order valence-electron chi connectivity index (χ2n) is 6.97. The third-order valence-corrected chi connectivity index (χ3v) is 6.16. The SMILES string of the molecule is O=C(Cn1c(-c2ccc(Cl)cc2)n[nH]c1=S)Nc1nc(CN2CCCCC2)cs1. The number of carbonyl (C=O) groups excluding carboxylic acids is 1. The van der Waals surface area contributed by atoms with E-state index in [1.807, 2.05) is 17.5 Å². The molecule has 7 nitrogen and oxygen atoms in total. The van der Waals surface area contributed by atoms with Gasteiger partial charge in [-0.25, -0.2) is 4.98 Å². The number of hydrogen-bond donors (Lipinski definition) is 2. The molecule has 152 valence electrons. The van der Waals surface area contributed by atoms with E-state index < -0.39 is 0 Å². The summed E-state index contributed by atoms with van der Waals surface area (Å²) >= 11 is 12.7. The Morgan fingerprint density at radius 2 is 2.00 bits per heavy atom. The maximum Gasteiger partial charge on any atom is 0.246 e. The summed E-state index contributed by atoms with van der Waals surface area (Å²) in [6, 6.07) is 7.24. The number of carbonyl (C=O) groups is 1. The first-order valence-electron chi connectivity index (χ1n) is 9.46. The van der Waals surface area contributed by atoms with Crippen LogP contribution >= 0.6 is 35.2 Å². The quantitative estimate of drug-likeness (QED) is 0.548. The molecule has 1 aromatic carbocycles. The van der Waals surface area contributed by atoms with Gasteiger partial charge in [-0.2, -0.15) is 5.10 Å². The molecule has 1 fully saturated rings. The number of likely N-dealkylation sites (tertiary alicyclic amines) is 1. The van der Waals surface area contributed by atoms with Gasteiger partial charge in [0.05, 0.1) is 5.69 Å². The Balaban J connectivity index is 1.41. The first kappa shape index (κ1) is 20.2. The Labute approximate surface area is 182 Å². The number of piperidine rings is 1. The van der Waals surface area contributed by atoms with Gasteiger partial charge in [-0.15, -0.1) is 11.3 Å². The van der Waals surface area contributed by atoms with Gasteiger partial charge in [-0.1, -0.05) is 18.0 Å². The standard InChI is InChI=1S/C19H21ClN6OS2/c20-14-6-4-13(5-7-14)17-23-24-19(28)26(17)11-16(27)22-18-21-15(12-29-18)10-25-8-2-1-3-9-25/h4-7,12H,1-3,8-11H2,(H,24,28)(H,21,22,27). The van der Waals surface area contributed by atoms with Gasteiger partial charge in [0.15, 0.2) is 15.7 Å². The molecule has 0 spiro atoms. The van der Waals surface area contributed by atoms with Crippen LogP contribution in [-0.2, 0) is 17.9 Å². The summed E-state index contributed by atoms with van der Waals surface area (Å²) in [7, 11) is 0. The van der Waals surface area contributed by atoms with Crippen molar-refractivity contribution in [2.75, 3.05) is 18.4 Å². The Bertz CT molecular complexity index is 1040. The molecule has 29 heavy (non-hydrogen) atoms. The number of halogens is 1. The molecule has 4 rings (SSSR count). The summed E-state index contributed by atoms with van der Waals surface area (Å²) in [6.07, 6.45) is 3.80. The van der Waals surface area contributed by atoms with Gasteiger partial charge in [-0.05, 0) is 62.4 Å². The minimum atomic E-state index is -0.198. The summed E-state index contributed by atoms with van der Waals surface area (Å²) in [5.74, 6) is 0.392. The van der Waals surface area contributed by atoms with E-state index in [-0.39, 0.29) is 12.5 Å². The zero-order chi connectivity index (χ0) is 20.2. The zero-order valence-electron chi connectivity index (χ0n) is 15.7. The molecule has 0 bridgehead atoms. The number of rotatable bonds is 6. The van der Waals surface area contributed by atoms with Crippen molar-refractivity contribution in [3.8, 4) is 11.4 Å². The fraction of sp³-hybridized carbons (Fsp3) is 0.368. The molecular formula is C19H21ClN6OS2. The van der Waals surface area contributed by atoms with Crippen LogP contribution in [0.15, 0.2) is 29.6 Å². The lowest BCUT2D eigenvalue weighted by Gasteiger charge is -2.25. The van der Waals surface area contributed by atoms with E-state index in [1.54, 1.807) is 16.7 Å². The molecule has 0 saturated carbocycles. The van der Waals surface area contributed by atoms with Crippen LogP contribution in [0.25, 0.3) is 11.4 Å². The van der Waals surface area contributed by atoms with Gasteiger partial charge >= 0.3 is 0 Å². The fourth-order valence-corrected chi connectivity index (χ4v) is 4.41. The number of amides is 1. The highest BCUT2D eigenvalue weighted by molar-refractivity contribution is 7.71. The highest BCUT2D eigenvalue weighted by Crippen LogP contribution is 2.21. The van der Waals surface area contributed by atoms with E-state index in [2.05, 4.69) is 25.4 Å². The lowest BCUT2D eigenvalue weighted by Crippen LogP contribution is -2.29. The van der Waals surface area contributed by atoms with Crippen molar-refractivity contribution in [1.82, 2.24) is 24.6 Å². The summed E-state index contributed by atoms with van der Waals surface area (Å²) in [5.41, 5.74) is 1.82. The number of anilines is 1. The molecule has 1 saturated heterocycles. The first-order chi connectivity index (χ1) is 14.1. The van der Waals surface area contributed by atoms with E-state index in [1.165, 1.54) is 30.6 Å². The number of aromatic nitrogens is 4. The van der Waals surface area contributed by atoms with Gasteiger partial charge < -0.3 is 5.32 Å². The molecule has 0 aliphatic carbocycles. The van der Waals surface area contributed by atoms with E-state index in [9.17, 15) is 4.79 Å². The Hall–Kier alpha value is -2.07. The van der Waals surface area contributed by atoms with Crippen LogP contribution in [0.4, 0.5) is 5.13 Å². The number of nitrogens with zero attached hydrogens (tertiary/aromatic N) is 4. The van der Waals surface area contributed by atoms with E-state index in [0.29, 0.717) is 20.7 Å². The maximum absolute atomic E-state index is 12.6. The molecule has 3 aromatic rings. The van der Waals surface area contributed by atoms with Crippen LogP contribution in [-0.4, -0.2) is 43.6 Å². The van der Waals surface area contributed by atoms with E-state index >= 15 is 0 Å². The normalized spacial score (nSPS) is 14.8. The van der Waals surface area contributed by atoms with Crippen LogP contribution in [0.3, 0.4) is 0 Å². The molecular weight excluding hydrogens is 428 g/mol. The van der Waals surface area contributed by atoms with E-state index in [0.717, 1.165) is 30.9 Å². The largest absolute Gasteiger partial charge is 0.300 e. The van der Waals surface area contributed by atoms with Crippen molar-refractivity contribution >= 4 is 46.2 Å². The Kier molecular flexibility index (Phi) is 6.39. The minimum absolute atomic E-state index is 0.0499. The molecule has 0 atom stereocenters. The summed E-state index contributed by atoms with van der Waals surface area (Å²) < 4.78 is 2.05. The van der Waals surface area contributed by atoms with Crippen LogP contribution in [0, 0.1) is 4.77 Å². The van der Waals surface area contributed by atoms with Gasteiger partial charge in [0.2, 0.25) is 5.91 Å². The highest BCUT2D eigenvalue weighted by atomic mass is 35.5. The lowest BCUT2D eigenvalue weighted by atomic mass is 10.1. The Morgan fingerprint density at radius 3 is 2.76 bits per heavy atom. The number of nitrogens with one attached hydrogen (secondary N) is 2. The molecule has 1 aliphatic heterocycles. The van der Waals surface area contributed by atoms with Crippen molar-refractivity contribution in [3.63, 3.8) is 0 Å². The maximum atomic E-state index is 12.6. The number of benzene rings is 1.